The second-order valence-electron chi connectivity index (χ2n) is 8.31. The number of rotatable bonds is 4. The normalized spacial score (nSPS) is 26.9. The third kappa shape index (κ3) is 2.85. The molecule has 1 heterocycles. The van der Waals surface area contributed by atoms with Crippen molar-refractivity contribution < 1.29 is 18.8 Å². The fraction of sp³-hybridized carbons (Fsp3) is 0.348. The molecule has 3 amide bonds. The molecule has 0 spiro atoms. The van der Waals surface area contributed by atoms with Gasteiger partial charge in [0.25, 0.3) is 17.7 Å². The zero-order valence-corrected chi connectivity index (χ0v) is 16.9. The molecule has 0 aromatic heterocycles. The number of fused-ring (bicyclic) bond motifs is 5. The van der Waals surface area contributed by atoms with Crippen LogP contribution in [0.3, 0.4) is 0 Å². The van der Waals surface area contributed by atoms with Crippen molar-refractivity contribution in [2.45, 2.75) is 25.8 Å². The minimum atomic E-state index is -0.599. The molecule has 5 rings (SSSR count). The predicted octanol–water partition coefficient (Wildman–Crippen LogP) is 4.07. The number of carbonyl (C=O) groups is 3. The second-order valence-corrected chi connectivity index (χ2v) is 8.71. The van der Waals surface area contributed by atoms with Gasteiger partial charge in [0, 0.05) is 5.56 Å². The summed E-state index contributed by atoms with van der Waals surface area (Å²) in [5.41, 5.74) is 0.384. The standard InChI is InChI=1S/C23H20ClFN2O3/c24-17-7-3-2-6-16(17)21(28)26(12-15-5-1-4-8-18(15)25)27-22(29)19-13-9-10-14(11-13)20(19)23(27)30/h1-8,13-14,19-20H,9-12H2/t13-,14-,19-,20+/m0/s1. The maximum absolute atomic E-state index is 14.4. The van der Waals surface area contributed by atoms with Gasteiger partial charge >= 0.3 is 0 Å². The van der Waals surface area contributed by atoms with Crippen molar-refractivity contribution in [1.82, 2.24) is 10.0 Å². The van der Waals surface area contributed by atoms with Gasteiger partial charge in [-0.2, -0.15) is 5.01 Å². The van der Waals surface area contributed by atoms with Crippen LogP contribution in [0.15, 0.2) is 48.5 Å². The maximum Gasteiger partial charge on any atom is 0.274 e. The lowest BCUT2D eigenvalue weighted by Gasteiger charge is -2.31. The Kier molecular flexibility index (Phi) is 4.62. The van der Waals surface area contributed by atoms with Crippen molar-refractivity contribution in [3.8, 4) is 0 Å². The highest BCUT2D eigenvalue weighted by Gasteiger charge is 2.62. The van der Waals surface area contributed by atoms with Crippen LogP contribution in [-0.2, 0) is 16.1 Å². The lowest BCUT2D eigenvalue weighted by molar-refractivity contribution is -0.156. The molecule has 2 aromatic rings. The van der Waals surface area contributed by atoms with Gasteiger partial charge < -0.3 is 0 Å². The molecule has 2 bridgehead atoms. The molecule has 3 fully saturated rings. The van der Waals surface area contributed by atoms with E-state index in [1.807, 2.05) is 0 Å². The summed E-state index contributed by atoms with van der Waals surface area (Å²) < 4.78 is 14.4. The Morgan fingerprint density at radius 1 is 1.00 bits per heavy atom. The third-order valence-corrected chi connectivity index (χ3v) is 7.09. The number of imide groups is 1. The molecule has 2 saturated carbocycles. The van der Waals surface area contributed by atoms with Gasteiger partial charge in [0.1, 0.15) is 5.82 Å². The van der Waals surface area contributed by atoms with E-state index in [0.717, 1.165) is 29.3 Å². The Hall–Kier alpha value is -2.73. The van der Waals surface area contributed by atoms with Crippen LogP contribution in [0.25, 0.3) is 0 Å². The van der Waals surface area contributed by atoms with Crippen LogP contribution in [0.5, 0.6) is 0 Å². The molecular weight excluding hydrogens is 407 g/mol. The predicted molar refractivity (Wildman–Crippen MR) is 107 cm³/mol. The summed E-state index contributed by atoms with van der Waals surface area (Å²) in [6.45, 7) is -0.233. The van der Waals surface area contributed by atoms with E-state index in [1.165, 1.54) is 18.2 Å². The minimum Gasteiger partial charge on any atom is -0.272 e. The number of halogens is 2. The highest BCUT2D eigenvalue weighted by Crippen LogP contribution is 2.56. The van der Waals surface area contributed by atoms with Crippen LogP contribution >= 0.6 is 11.6 Å². The van der Waals surface area contributed by atoms with Gasteiger partial charge in [0.15, 0.2) is 0 Å². The summed E-state index contributed by atoms with van der Waals surface area (Å²) in [7, 11) is 0. The highest BCUT2D eigenvalue weighted by atomic mass is 35.5. The Labute approximate surface area is 178 Å². The van der Waals surface area contributed by atoms with Crippen LogP contribution in [-0.4, -0.2) is 27.7 Å². The Morgan fingerprint density at radius 3 is 2.23 bits per heavy atom. The van der Waals surface area contributed by atoms with Crippen LogP contribution in [0.1, 0.15) is 35.2 Å². The molecule has 0 unspecified atom stereocenters. The van der Waals surface area contributed by atoms with Crippen LogP contribution in [0.4, 0.5) is 4.39 Å². The number of carbonyl (C=O) groups excluding carboxylic acids is 3. The summed E-state index contributed by atoms with van der Waals surface area (Å²) in [5, 5.41) is 2.25. The lowest BCUT2D eigenvalue weighted by atomic mass is 9.81. The molecule has 0 N–H and O–H groups in total. The average Bonchev–Trinajstić information content (AvgIpc) is 3.42. The van der Waals surface area contributed by atoms with Gasteiger partial charge in [0.05, 0.1) is 29.0 Å². The van der Waals surface area contributed by atoms with Gasteiger partial charge in [-0.25, -0.2) is 9.40 Å². The molecule has 2 aliphatic carbocycles. The summed E-state index contributed by atoms with van der Waals surface area (Å²) in [6.07, 6.45) is 2.77. The van der Waals surface area contributed by atoms with E-state index in [1.54, 1.807) is 30.3 Å². The van der Waals surface area contributed by atoms with Gasteiger partial charge in [-0.05, 0) is 49.3 Å². The van der Waals surface area contributed by atoms with E-state index in [-0.39, 0.29) is 58.2 Å². The van der Waals surface area contributed by atoms with E-state index in [2.05, 4.69) is 0 Å². The number of nitrogens with zero attached hydrogens (tertiary/aromatic N) is 2. The summed E-state index contributed by atoms with van der Waals surface area (Å²) >= 11 is 6.22. The summed E-state index contributed by atoms with van der Waals surface area (Å²) in [5.74, 6) is -2.19. The van der Waals surface area contributed by atoms with Crippen molar-refractivity contribution in [1.29, 1.82) is 0 Å². The molecule has 1 saturated heterocycles. The SMILES string of the molecule is O=C(c1ccccc1Cl)N(Cc1ccccc1F)N1C(=O)[C@@H]2[C@H]3CC[C@@H](C3)[C@@H]2C1=O. The van der Waals surface area contributed by atoms with Crippen molar-refractivity contribution in [2.75, 3.05) is 0 Å². The molecule has 30 heavy (non-hydrogen) atoms. The van der Waals surface area contributed by atoms with Crippen LogP contribution < -0.4 is 0 Å². The molecule has 7 heteroatoms. The molecule has 5 nitrogen and oxygen atoms in total. The smallest absolute Gasteiger partial charge is 0.272 e. The first kappa shape index (κ1) is 19.2. The molecule has 1 aliphatic heterocycles. The van der Waals surface area contributed by atoms with Crippen molar-refractivity contribution in [3.05, 3.63) is 70.5 Å². The highest BCUT2D eigenvalue weighted by molar-refractivity contribution is 6.33. The fourth-order valence-corrected chi connectivity index (χ4v) is 5.64. The van der Waals surface area contributed by atoms with Crippen LogP contribution in [0.2, 0.25) is 5.02 Å². The van der Waals surface area contributed by atoms with Crippen molar-refractivity contribution >= 4 is 29.3 Å². The van der Waals surface area contributed by atoms with E-state index >= 15 is 0 Å². The summed E-state index contributed by atoms with van der Waals surface area (Å²) in [6, 6.07) is 12.5. The zero-order valence-electron chi connectivity index (χ0n) is 16.1. The topological polar surface area (TPSA) is 57.7 Å². The first-order chi connectivity index (χ1) is 14.5. The summed E-state index contributed by atoms with van der Waals surface area (Å²) in [4.78, 5) is 40.0. The number of amides is 3. The quantitative estimate of drug-likeness (QED) is 0.692. The van der Waals surface area contributed by atoms with E-state index < -0.39 is 11.7 Å². The molecule has 3 aliphatic rings. The first-order valence-corrected chi connectivity index (χ1v) is 10.5. The Morgan fingerprint density at radius 2 is 1.60 bits per heavy atom. The number of hydrazine groups is 1. The molecule has 4 atom stereocenters. The minimum absolute atomic E-state index is 0.163. The Bertz CT molecular complexity index is 1030. The third-order valence-electron chi connectivity index (χ3n) is 6.76. The van der Waals surface area contributed by atoms with E-state index in [0.29, 0.717) is 0 Å². The van der Waals surface area contributed by atoms with Gasteiger partial charge in [0.2, 0.25) is 0 Å². The van der Waals surface area contributed by atoms with Gasteiger partial charge in [-0.15, -0.1) is 0 Å². The maximum atomic E-state index is 14.4. The largest absolute Gasteiger partial charge is 0.274 e. The molecular formula is C23H20ClFN2O3. The first-order valence-electron chi connectivity index (χ1n) is 10.1. The number of hydrogen-bond acceptors (Lipinski definition) is 3. The monoisotopic (exact) mass is 426 g/mol. The second kappa shape index (κ2) is 7.20. The van der Waals surface area contributed by atoms with Crippen molar-refractivity contribution in [3.63, 3.8) is 0 Å². The van der Waals surface area contributed by atoms with E-state index in [4.69, 9.17) is 11.6 Å². The lowest BCUT2D eigenvalue weighted by Crippen LogP contribution is -2.50. The zero-order chi connectivity index (χ0) is 21.0. The number of hydrogen-bond donors (Lipinski definition) is 0. The number of benzene rings is 2. The Balaban J connectivity index is 1.55. The fourth-order valence-electron chi connectivity index (χ4n) is 5.43. The van der Waals surface area contributed by atoms with Crippen LogP contribution in [0, 0.1) is 29.5 Å². The molecule has 0 radical (unpaired) electrons. The van der Waals surface area contributed by atoms with E-state index in [9.17, 15) is 18.8 Å². The molecule has 154 valence electrons. The molecule has 2 aromatic carbocycles. The average molecular weight is 427 g/mol. The van der Waals surface area contributed by atoms with Crippen molar-refractivity contribution in [2.24, 2.45) is 23.7 Å². The van der Waals surface area contributed by atoms with Gasteiger partial charge in [-0.1, -0.05) is 41.9 Å². The van der Waals surface area contributed by atoms with Gasteiger partial charge in [-0.3, -0.25) is 14.4 Å².